The lowest BCUT2D eigenvalue weighted by molar-refractivity contribution is -0.138. The number of H-pyrrole nitrogens is 1. The Hall–Kier alpha value is -2.94. The van der Waals surface area contributed by atoms with Crippen LogP contribution in [0.5, 0.6) is 5.75 Å². The van der Waals surface area contributed by atoms with Gasteiger partial charge in [0.25, 0.3) is 0 Å². The second kappa shape index (κ2) is 9.51. The predicted molar refractivity (Wildman–Crippen MR) is 105 cm³/mol. The quantitative estimate of drug-likeness (QED) is 0.685. The molecule has 156 valence electrons. The third-order valence-corrected chi connectivity index (χ3v) is 5.16. The highest BCUT2D eigenvalue weighted by molar-refractivity contribution is 5.88. The number of carbonyl (C=O) groups is 2. The van der Waals surface area contributed by atoms with E-state index in [1.165, 1.54) is 13.2 Å². The molecule has 1 aliphatic rings. The van der Waals surface area contributed by atoms with Crippen molar-refractivity contribution in [3.63, 3.8) is 0 Å². The van der Waals surface area contributed by atoms with Crippen molar-refractivity contribution in [3.8, 4) is 5.75 Å². The number of hydrogen-bond acceptors (Lipinski definition) is 5. The number of hydrogen-bond donors (Lipinski definition) is 2. The fourth-order valence-electron chi connectivity index (χ4n) is 3.33. The molecule has 2 aromatic rings. The molecule has 1 atom stereocenters. The van der Waals surface area contributed by atoms with Gasteiger partial charge in [0.1, 0.15) is 11.6 Å². The molecular weight excluding hydrogens is 377 g/mol. The fraction of sp³-hybridized carbons (Fsp3) is 0.450. The van der Waals surface area contributed by atoms with Gasteiger partial charge in [-0.15, -0.1) is 0 Å². The number of halogens is 1. The summed E-state index contributed by atoms with van der Waals surface area (Å²) >= 11 is 0. The Kier molecular flexibility index (Phi) is 6.82. The number of ether oxygens (including phenoxy) is 1. The van der Waals surface area contributed by atoms with Crippen molar-refractivity contribution < 1.29 is 18.7 Å². The highest BCUT2D eigenvalue weighted by atomic mass is 19.1. The standard InChI is InChI=1S/C20H26FN5O3/c1-25(7-5-14-11-23-24-12-14)19(27)10-18-20(28)22-6-8-26(18)13-15-3-4-16(29-2)9-17(15)21/h3-4,9,11-12,18H,5-8,10,13H2,1-2H3,(H,22,28)(H,23,24)/t18-/m1/s1. The first kappa shape index (κ1) is 20.8. The summed E-state index contributed by atoms with van der Waals surface area (Å²) in [6.07, 6.45) is 4.23. The number of rotatable bonds is 8. The van der Waals surface area contributed by atoms with E-state index in [9.17, 15) is 14.0 Å². The van der Waals surface area contributed by atoms with Gasteiger partial charge in [0.05, 0.1) is 25.8 Å². The first-order chi connectivity index (χ1) is 14.0. The van der Waals surface area contributed by atoms with Gasteiger partial charge in [0.2, 0.25) is 11.8 Å². The molecule has 0 spiro atoms. The molecular formula is C20H26FN5O3. The van der Waals surface area contributed by atoms with Crippen LogP contribution in [0.1, 0.15) is 17.5 Å². The summed E-state index contributed by atoms with van der Waals surface area (Å²) in [5, 5.41) is 9.43. The zero-order valence-corrected chi connectivity index (χ0v) is 16.7. The molecule has 2 N–H and O–H groups in total. The summed E-state index contributed by atoms with van der Waals surface area (Å²) in [5.41, 5.74) is 1.47. The van der Waals surface area contributed by atoms with E-state index in [2.05, 4.69) is 15.5 Å². The molecule has 0 radical (unpaired) electrons. The van der Waals surface area contributed by atoms with Crippen molar-refractivity contribution in [2.75, 3.05) is 33.8 Å². The predicted octanol–water partition coefficient (Wildman–Crippen LogP) is 0.949. The minimum atomic E-state index is -0.630. The summed E-state index contributed by atoms with van der Waals surface area (Å²) in [4.78, 5) is 28.6. The Morgan fingerprint density at radius 3 is 2.97 bits per heavy atom. The van der Waals surface area contributed by atoms with E-state index in [0.717, 1.165) is 5.56 Å². The highest BCUT2D eigenvalue weighted by Crippen LogP contribution is 2.20. The number of methoxy groups -OCH3 is 1. The van der Waals surface area contributed by atoms with E-state index in [0.29, 0.717) is 37.4 Å². The first-order valence-electron chi connectivity index (χ1n) is 9.53. The van der Waals surface area contributed by atoms with Crippen molar-refractivity contribution in [1.29, 1.82) is 0 Å². The van der Waals surface area contributed by atoms with Gasteiger partial charge >= 0.3 is 0 Å². The average Bonchev–Trinajstić information content (AvgIpc) is 3.23. The maximum absolute atomic E-state index is 14.4. The topological polar surface area (TPSA) is 90.6 Å². The Morgan fingerprint density at radius 2 is 2.28 bits per heavy atom. The summed E-state index contributed by atoms with van der Waals surface area (Å²) in [6.45, 7) is 1.80. The normalized spacial score (nSPS) is 17.1. The van der Waals surface area contributed by atoms with Crippen molar-refractivity contribution in [1.82, 2.24) is 25.3 Å². The van der Waals surface area contributed by atoms with Gasteiger partial charge in [-0.2, -0.15) is 5.10 Å². The molecule has 3 rings (SSSR count). The van der Waals surface area contributed by atoms with Gasteiger partial charge in [-0.25, -0.2) is 4.39 Å². The lowest BCUT2D eigenvalue weighted by Gasteiger charge is -2.35. The molecule has 2 heterocycles. The third-order valence-electron chi connectivity index (χ3n) is 5.16. The Labute approximate surface area is 169 Å². The highest BCUT2D eigenvalue weighted by Gasteiger charge is 2.32. The van der Waals surface area contributed by atoms with E-state index in [-0.39, 0.29) is 24.8 Å². The number of aromatic amines is 1. The van der Waals surface area contributed by atoms with E-state index < -0.39 is 11.9 Å². The fourth-order valence-corrected chi connectivity index (χ4v) is 3.33. The van der Waals surface area contributed by atoms with Crippen LogP contribution in [0.3, 0.4) is 0 Å². The van der Waals surface area contributed by atoms with Gasteiger partial charge in [-0.3, -0.25) is 19.6 Å². The minimum Gasteiger partial charge on any atom is -0.497 e. The summed E-state index contributed by atoms with van der Waals surface area (Å²) in [7, 11) is 3.20. The zero-order valence-electron chi connectivity index (χ0n) is 16.7. The van der Waals surface area contributed by atoms with Crippen LogP contribution in [0.25, 0.3) is 0 Å². The van der Waals surface area contributed by atoms with Crippen LogP contribution in [0, 0.1) is 5.82 Å². The largest absolute Gasteiger partial charge is 0.497 e. The van der Waals surface area contributed by atoms with Crippen LogP contribution in [0.2, 0.25) is 0 Å². The van der Waals surface area contributed by atoms with Crippen LogP contribution in [0.4, 0.5) is 4.39 Å². The first-order valence-corrected chi connectivity index (χ1v) is 9.53. The second-order valence-electron chi connectivity index (χ2n) is 7.11. The lowest BCUT2D eigenvalue weighted by atomic mass is 10.1. The molecule has 1 aromatic heterocycles. The van der Waals surface area contributed by atoms with Gasteiger partial charge in [-0.1, -0.05) is 6.07 Å². The molecule has 29 heavy (non-hydrogen) atoms. The number of aromatic nitrogens is 2. The van der Waals surface area contributed by atoms with E-state index in [1.807, 2.05) is 4.90 Å². The van der Waals surface area contributed by atoms with Crippen LogP contribution in [0.15, 0.2) is 30.6 Å². The van der Waals surface area contributed by atoms with Crippen LogP contribution in [-0.2, 0) is 22.6 Å². The van der Waals surface area contributed by atoms with E-state index in [1.54, 1.807) is 36.5 Å². The lowest BCUT2D eigenvalue weighted by Crippen LogP contribution is -2.56. The van der Waals surface area contributed by atoms with Crippen molar-refractivity contribution in [2.24, 2.45) is 0 Å². The van der Waals surface area contributed by atoms with E-state index in [4.69, 9.17) is 4.74 Å². The average molecular weight is 403 g/mol. The zero-order chi connectivity index (χ0) is 20.8. The van der Waals surface area contributed by atoms with Gasteiger partial charge in [0, 0.05) is 51.1 Å². The molecule has 1 aromatic carbocycles. The molecule has 1 fully saturated rings. The van der Waals surface area contributed by atoms with Crippen LogP contribution >= 0.6 is 0 Å². The van der Waals surface area contributed by atoms with Gasteiger partial charge in [-0.05, 0) is 18.1 Å². The van der Waals surface area contributed by atoms with Crippen molar-refractivity contribution in [3.05, 3.63) is 47.5 Å². The van der Waals surface area contributed by atoms with E-state index >= 15 is 0 Å². The molecule has 1 saturated heterocycles. The summed E-state index contributed by atoms with van der Waals surface area (Å²) in [6, 6.07) is 4.03. The SMILES string of the molecule is COc1ccc(CN2CCNC(=O)[C@H]2CC(=O)N(C)CCc2cn[nH]c2)c(F)c1. The number of nitrogens with zero attached hydrogens (tertiary/aromatic N) is 3. The number of likely N-dealkylation sites (N-methyl/N-ethyl adjacent to an activating group) is 1. The smallest absolute Gasteiger partial charge is 0.237 e. The summed E-state index contributed by atoms with van der Waals surface area (Å²) in [5.74, 6) is -0.288. The minimum absolute atomic E-state index is 0.0471. The van der Waals surface area contributed by atoms with Gasteiger partial charge < -0.3 is 15.0 Å². The molecule has 0 saturated carbocycles. The number of carbonyl (C=O) groups excluding carboxylic acids is 2. The van der Waals surface area contributed by atoms with Gasteiger partial charge in [0.15, 0.2) is 0 Å². The van der Waals surface area contributed by atoms with Crippen molar-refractivity contribution >= 4 is 11.8 Å². The molecule has 0 unspecified atom stereocenters. The maximum atomic E-state index is 14.4. The molecule has 0 aliphatic carbocycles. The number of benzene rings is 1. The molecule has 9 heteroatoms. The third kappa shape index (κ3) is 5.32. The van der Waals surface area contributed by atoms with Crippen LogP contribution < -0.4 is 10.1 Å². The Morgan fingerprint density at radius 1 is 1.45 bits per heavy atom. The monoisotopic (exact) mass is 403 g/mol. The molecule has 1 aliphatic heterocycles. The number of piperazine rings is 1. The Bertz CT molecular complexity index is 843. The maximum Gasteiger partial charge on any atom is 0.237 e. The van der Waals surface area contributed by atoms with Crippen LogP contribution in [-0.4, -0.2) is 71.6 Å². The number of amides is 2. The molecule has 0 bridgehead atoms. The number of nitrogens with one attached hydrogen (secondary N) is 2. The second-order valence-corrected chi connectivity index (χ2v) is 7.11. The molecule has 2 amide bonds. The van der Waals surface area contributed by atoms with Crippen molar-refractivity contribution in [2.45, 2.75) is 25.4 Å². The Balaban J connectivity index is 1.63. The summed E-state index contributed by atoms with van der Waals surface area (Å²) < 4.78 is 19.4. The molecule has 8 nitrogen and oxygen atoms in total.